The van der Waals surface area contributed by atoms with Crippen molar-refractivity contribution in [3.8, 4) is 22.5 Å². The standard InChI is InChI=1S/C49H32N2/c1-3-13-34(14-4-1)50-46-22-12-11-20-42(46)44-29-32(23-27-48(44)50)33-24-28-49-45(30-33)41-19-5-2-6-21-47(41)51(49)35-25-26-40-38-17-8-7-15-36(38)37-16-9-10-18-39(37)43(40)31-35/h1,3-31H,2H2. The van der Waals surface area contributed by atoms with Gasteiger partial charge in [-0.25, -0.2) is 0 Å². The van der Waals surface area contributed by atoms with Gasteiger partial charge >= 0.3 is 0 Å². The first-order chi connectivity index (χ1) is 25.3. The second kappa shape index (κ2) is 10.9. The van der Waals surface area contributed by atoms with Gasteiger partial charge in [0, 0.05) is 33.1 Å². The number of hydrogen-bond donors (Lipinski definition) is 0. The molecule has 0 aliphatic heterocycles. The molecule has 2 heteroatoms. The third kappa shape index (κ3) is 4.17. The molecule has 51 heavy (non-hydrogen) atoms. The Morgan fingerprint density at radius 1 is 0.333 bits per heavy atom. The first kappa shape index (κ1) is 28.2. The Balaban J connectivity index is 1.12. The smallest absolute Gasteiger partial charge is 0.0541 e. The first-order valence-corrected chi connectivity index (χ1v) is 17.8. The fourth-order valence-electron chi connectivity index (χ4n) is 8.62. The molecule has 0 saturated heterocycles. The van der Waals surface area contributed by atoms with Gasteiger partial charge in [0.05, 0.1) is 22.2 Å². The normalized spacial score (nSPS) is 12.9. The summed E-state index contributed by atoms with van der Waals surface area (Å²) >= 11 is 0. The van der Waals surface area contributed by atoms with Crippen LogP contribution in [0.2, 0.25) is 0 Å². The third-order valence-electron chi connectivity index (χ3n) is 10.9. The quantitative estimate of drug-likeness (QED) is 0.169. The van der Waals surface area contributed by atoms with Gasteiger partial charge in [0.15, 0.2) is 0 Å². The predicted octanol–water partition coefficient (Wildman–Crippen LogP) is 13.3. The summed E-state index contributed by atoms with van der Waals surface area (Å²) in [6.07, 6.45) is 10.1. The van der Waals surface area contributed by atoms with Crippen molar-refractivity contribution in [2.75, 3.05) is 0 Å². The molecule has 0 saturated carbocycles. The number of benzene rings is 8. The van der Waals surface area contributed by atoms with Crippen molar-refractivity contribution in [2.45, 2.75) is 6.42 Å². The minimum Gasteiger partial charge on any atom is -0.309 e. The lowest BCUT2D eigenvalue weighted by atomic mass is 9.94. The van der Waals surface area contributed by atoms with Crippen molar-refractivity contribution in [2.24, 2.45) is 0 Å². The van der Waals surface area contributed by atoms with Gasteiger partial charge in [-0.3, -0.25) is 0 Å². The van der Waals surface area contributed by atoms with E-state index >= 15 is 0 Å². The minimum absolute atomic E-state index is 0.923. The van der Waals surface area contributed by atoms with Gasteiger partial charge < -0.3 is 9.13 Å². The molecule has 0 spiro atoms. The van der Waals surface area contributed by atoms with Crippen LogP contribution in [-0.4, -0.2) is 9.13 Å². The van der Waals surface area contributed by atoms with Gasteiger partial charge in [0.1, 0.15) is 0 Å². The average Bonchev–Trinajstić information content (AvgIpc) is 3.57. The fourth-order valence-corrected chi connectivity index (χ4v) is 8.62. The summed E-state index contributed by atoms with van der Waals surface area (Å²) in [5.41, 5.74) is 10.9. The van der Waals surface area contributed by atoms with Crippen molar-refractivity contribution < 1.29 is 0 Å². The van der Waals surface area contributed by atoms with E-state index in [9.17, 15) is 0 Å². The highest BCUT2D eigenvalue weighted by Crippen LogP contribution is 2.41. The average molecular weight is 649 g/mol. The maximum Gasteiger partial charge on any atom is 0.0541 e. The molecule has 10 aromatic rings. The highest BCUT2D eigenvalue weighted by molar-refractivity contribution is 6.25. The molecule has 0 radical (unpaired) electrons. The van der Waals surface area contributed by atoms with Crippen LogP contribution in [0.25, 0.3) is 99.7 Å². The van der Waals surface area contributed by atoms with E-state index in [0.717, 1.165) is 6.42 Å². The number of allylic oxidation sites excluding steroid dienone is 2. The zero-order chi connectivity index (χ0) is 33.5. The van der Waals surface area contributed by atoms with E-state index < -0.39 is 0 Å². The number of hydrogen-bond acceptors (Lipinski definition) is 0. The summed E-state index contributed by atoms with van der Waals surface area (Å²) in [5.74, 6) is 0. The summed E-state index contributed by atoms with van der Waals surface area (Å²) in [6.45, 7) is 0. The zero-order valence-corrected chi connectivity index (χ0v) is 27.9. The summed E-state index contributed by atoms with van der Waals surface area (Å²) in [7, 11) is 0. The molecule has 0 N–H and O–H groups in total. The molecule has 8 aromatic carbocycles. The second-order valence-corrected chi connectivity index (χ2v) is 13.6. The molecule has 238 valence electrons. The minimum atomic E-state index is 0.923. The van der Waals surface area contributed by atoms with Crippen molar-refractivity contribution in [1.82, 2.24) is 9.13 Å². The Kier molecular flexibility index (Phi) is 6.05. The van der Waals surface area contributed by atoms with Gasteiger partial charge in [-0.15, -0.1) is 0 Å². The summed E-state index contributed by atoms with van der Waals surface area (Å²) in [5, 5.41) is 11.6. The molecule has 1 aliphatic rings. The van der Waals surface area contributed by atoms with Crippen LogP contribution in [0.4, 0.5) is 0 Å². The van der Waals surface area contributed by atoms with Crippen molar-refractivity contribution in [1.29, 1.82) is 0 Å². The Bertz CT molecular complexity index is 3060. The summed E-state index contributed by atoms with van der Waals surface area (Å²) < 4.78 is 4.84. The molecule has 0 atom stereocenters. The summed E-state index contributed by atoms with van der Waals surface area (Å²) in [4.78, 5) is 0. The molecule has 0 unspecified atom stereocenters. The van der Waals surface area contributed by atoms with E-state index in [4.69, 9.17) is 0 Å². The van der Waals surface area contributed by atoms with Gasteiger partial charge in [0.25, 0.3) is 0 Å². The fraction of sp³-hybridized carbons (Fsp3) is 0.0204. The maximum absolute atomic E-state index is 2.46. The van der Waals surface area contributed by atoms with Crippen LogP contribution in [-0.2, 0) is 0 Å². The second-order valence-electron chi connectivity index (χ2n) is 13.6. The van der Waals surface area contributed by atoms with E-state index in [2.05, 4.69) is 191 Å². The van der Waals surface area contributed by atoms with E-state index in [1.165, 1.54) is 98.8 Å². The lowest BCUT2D eigenvalue weighted by molar-refractivity contribution is 1.11. The van der Waals surface area contributed by atoms with Crippen molar-refractivity contribution in [3.63, 3.8) is 0 Å². The van der Waals surface area contributed by atoms with E-state index in [0.29, 0.717) is 0 Å². The SMILES string of the molecule is C1=Cc2c(n(-c3ccc4c5ccccc5c5ccccc5c4c3)c3ccc(-c4ccc5c(c4)c4ccccc4n5-c4ccccc4)cc23)C=CC1. The first-order valence-electron chi connectivity index (χ1n) is 17.8. The molecule has 2 heterocycles. The van der Waals surface area contributed by atoms with Crippen LogP contribution in [0.1, 0.15) is 17.7 Å². The zero-order valence-electron chi connectivity index (χ0n) is 27.9. The number of aromatic nitrogens is 2. The van der Waals surface area contributed by atoms with E-state index in [1.807, 2.05) is 0 Å². The van der Waals surface area contributed by atoms with Crippen LogP contribution in [0.3, 0.4) is 0 Å². The Morgan fingerprint density at radius 2 is 0.882 bits per heavy atom. The third-order valence-corrected chi connectivity index (χ3v) is 10.9. The molecule has 1 aliphatic carbocycles. The number of nitrogens with zero attached hydrogens (tertiary/aromatic N) is 2. The van der Waals surface area contributed by atoms with E-state index in [1.54, 1.807) is 0 Å². The Labute approximate surface area is 295 Å². The molecule has 0 fully saturated rings. The van der Waals surface area contributed by atoms with Crippen LogP contribution in [0, 0.1) is 0 Å². The molecule has 2 aromatic heterocycles. The lowest BCUT2D eigenvalue weighted by Gasteiger charge is -2.14. The van der Waals surface area contributed by atoms with Crippen LogP contribution >= 0.6 is 0 Å². The molecule has 2 nitrogen and oxygen atoms in total. The van der Waals surface area contributed by atoms with Crippen LogP contribution < -0.4 is 0 Å². The lowest BCUT2D eigenvalue weighted by Crippen LogP contribution is -1.97. The monoisotopic (exact) mass is 648 g/mol. The molecule has 11 rings (SSSR count). The van der Waals surface area contributed by atoms with Gasteiger partial charge in [-0.05, 0) is 111 Å². The molecular formula is C49H32N2. The molecular weight excluding hydrogens is 617 g/mol. The highest BCUT2D eigenvalue weighted by atomic mass is 15.0. The van der Waals surface area contributed by atoms with Gasteiger partial charge in [0.2, 0.25) is 0 Å². The highest BCUT2D eigenvalue weighted by Gasteiger charge is 2.19. The van der Waals surface area contributed by atoms with Crippen molar-refractivity contribution >= 4 is 77.2 Å². The summed E-state index contributed by atoms with van der Waals surface area (Å²) in [6, 6.07) is 58.1. The van der Waals surface area contributed by atoms with Gasteiger partial charge in [-0.1, -0.05) is 121 Å². The topological polar surface area (TPSA) is 9.86 Å². The molecule has 0 bridgehead atoms. The van der Waals surface area contributed by atoms with Crippen LogP contribution in [0.15, 0.2) is 170 Å². The largest absolute Gasteiger partial charge is 0.309 e. The predicted molar refractivity (Wildman–Crippen MR) is 218 cm³/mol. The van der Waals surface area contributed by atoms with E-state index in [-0.39, 0.29) is 0 Å². The number of para-hydroxylation sites is 2. The molecule has 0 amide bonds. The maximum atomic E-state index is 2.46. The Hall–Kier alpha value is -6.64. The van der Waals surface area contributed by atoms with Crippen molar-refractivity contribution in [3.05, 3.63) is 181 Å². The van der Waals surface area contributed by atoms with Gasteiger partial charge in [-0.2, -0.15) is 0 Å². The number of fused-ring (bicyclic) bond motifs is 12. The van der Waals surface area contributed by atoms with Crippen LogP contribution in [0.5, 0.6) is 0 Å². The Morgan fingerprint density at radius 3 is 1.61 bits per heavy atom. The number of rotatable bonds is 3.